The van der Waals surface area contributed by atoms with E-state index in [0.717, 1.165) is 0 Å². The Morgan fingerprint density at radius 1 is 1.36 bits per heavy atom. The lowest BCUT2D eigenvalue weighted by Crippen LogP contribution is -2.44. The zero-order chi connectivity index (χ0) is 16.2. The van der Waals surface area contributed by atoms with E-state index < -0.39 is 17.3 Å². The second-order valence-corrected chi connectivity index (χ2v) is 5.05. The van der Waals surface area contributed by atoms with Gasteiger partial charge in [-0.2, -0.15) is 0 Å². The Morgan fingerprint density at radius 2 is 2.05 bits per heavy atom. The largest absolute Gasteiger partial charge is 0.364 e. The van der Waals surface area contributed by atoms with Crippen LogP contribution >= 0.6 is 11.6 Å². The molecule has 0 saturated heterocycles. The Bertz CT molecular complexity index is 683. The van der Waals surface area contributed by atoms with E-state index in [1.165, 1.54) is 38.6 Å². The number of benzene rings is 1. The van der Waals surface area contributed by atoms with E-state index in [2.05, 4.69) is 15.3 Å². The summed E-state index contributed by atoms with van der Waals surface area (Å²) in [6.07, 6.45) is 2.92. The van der Waals surface area contributed by atoms with Gasteiger partial charge in [0.2, 0.25) is 0 Å². The van der Waals surface area contributed by atoms with Gasteiger partial charge in [0.1, 0.15) is 5.82 Å². The third-order valence-electron chi connectivity index (χ3n) is 3.37. The normalized spacial score (nSPS) is 13.5. The highest BCUT2D eigenvalue weighted by atomic mass is 35.5. The molecule has 1 heterocycles. The fraction of sp³-hybridized carbons (Fsp3) is 0.267. The van der Waals surface area contributed by atoms with E-state index in [1.807, 2.05) is 0 Å². The molecule has 2 rings (SSSR count). The SMILES string of the molecule is COC(C)(C(=O)NCc1nccnc1Cl)c1ccccc1F. The van der Waals surface area contributed by atoms with Crippen LogP contribution in [0.1, 0.15) is 18.2 Å². The predicted octanol–water partition coefficient (Wildman–Crippen LogP) is 2.45. The number of halogens is 2. The van der Waals surface area contributed by atoms with Gasteiger partial charge < -0.3 is 10.1 Å². The van der Waals surface area contributed by atoms with Gasteiger partial charge in [-0.1, -0.05) is 29.8 Å². The topological polar surface area (TPSA) is 64.1 Å². The number of methoxy groups -OCH3 is 1. The van der Waals surface area contributed by atoms with E-state index >= 15 is 0 Å². The van der Waals surface area contributed by atoms with Gasteiger partial charge in [0.05, 0.1) is 12.2 Å². The number of hydrogen-bond acceptors (Lipinski definition) is 4. The maximum Gasteiger partial charge on any atom is 0.257 e. The zero-order valence-electron chi connectivity index (χ0n) is 12.1. The molecule has 22 heavy (non-hydrogen) atoms. The molecule has 1 N–H and O–H groups in total. The quantitative estimate of drug-likeness (QED) is 0.918. The number of carbonyl (C=O) groups excluding carboxylic acids is 1. The minimum atomic E-state index is -1.46. The highest BCUT2D eigenvalue weighted by molar-refractivity contribution is 6.29. The van der Waals surface area contributed by atoms with Crippen molar-refractivity contribution in [1.29, 1.82) is 0 Å². The lowest BCUT2D eigenvalue weighted by molar-refractivity contribution is -0.143. The van der Waals surface area contributed by atoms with Crippen LogP contribution in [0.15, 0.2) is 36.7 Å². The molecule has 1 aromatic heterocycles. The van der Waals surface area contributed by atoms with Gasteiger partial charge in [-0.3, -0.25) is 9.78 Å². The van der Waals surface area contributed by atoms with Crippen molar-refractivity contribution in [3.63, 3.8) is 0 Å². The minimum absolute atomic E-state index is 0.0684. The highest BCUT2D eigenvalue weighted by Crippen LogP contribution is 2.27. The predicted molar refractivity (Wildman–Crippen MR) is 79.6 cm³/mol. The number of aromatic nitrogens is 2. The molecule has 0 saturated carbocycles. The van der Waals surface area contributed by atoms with Crippen molar-refractivity contribution in [3.05, 3.63) is 58.9 Å². The first-order valence-corrected chi connectivity index (χ1v) is 6.90. The molecule has 0 spiro atoms. The van der Waals surface area contributed by atoms with Gasteiger partial charge in [0.25, 0.3) is 5.91 Å². The molecule has 0 aliphatic heterocycles. The lowest BCUT2D eigenvalue weighted by Gasteiger charge is -2.27. The number of rotatable bonds is 5. The van der Waals surface area contributed by atoms with Crippen molar-refractivity contribution < 1.29 is 13.9 Å². The van der Waals surface area contributed by atoms with Crippen LogP contribution in [0.3, 0.4) is 0 Å². The molecule has 0 bridgehead atoms. The number of carbonyl (C=O) groups is 1. The summed E-state index contributed by atoms with van der Waals surface area (Å²) in [6.45, 7) is 1.57. The van der Waals surface area contributed by atoms with E-state index in [0.29, 0.717) is 5.69 Å². The van der Waals surface area contributed by atoms with Gasteiger partial charge >= 0.3 is 0 Å². The van der Waals surface area contributed by atoms with Gasteiger partial charge in [-0.25, -0.2) is 9.37 Å². The smallest absolute Gasteiger partial charge is 0.257 e. The monoisotopic (exact) mass is 323 g/mol. The minimum Gasteiger partial charge on any atom is -0.364 e. The third kappa shape index (κ3) is 3.23. The molecule has 1 aromatic carbocycles. The molecule has 1 amide bonds. The molecular formula is C15H15ClFN3O2. The number of nitrogens with one attached hydrogen (secondary N) is 1. The van der Waals surface area contributed by atoms with Crippen molar-refractivity contribution in [2.75, 3.05) is 7.11 Å². The molecule has 5 nitrogen and oxygen atoms in total. The fourth-order valence-electron chi connectivity index (χ4n) is 1.97. The highest BCUT2D eigenvalue weighted by Gasteiger charge is 2.37. The average Bonchev–Trinajstić information content (AvgIpc) is 2.53. The molecule has 0 aliphatic rings. The number of hydrogen-bond donors (Lipinski definition) is 1. The Hall–Kier alpha value is -2.05. The maximum atomic E-state index is 14.0. The summed E-state index contributed by atoms with van der Waals surface area (Å²) in [6, 6.07) is 5.97. The molecular weight excluding hydrogens is 309 g/mol. The van der Waals surface area contributed by atoms with Crippen molar-refractivity contribution in [1.82, 2.24) is 15.3 Å². The van der Waals surface area contributed by atoms with Gasteiger partial charge in [0, 0.05) is 25.1 Å². The second kappa shape index (κ2) is 6.81. The van der Waals surface area contributed by atoms with E-state index in [4.69, 9.17) is 16.3 Å². The summed E-state index contributed by atoms with van der Waals surface area (Å²) in [5.41, 5.74) is -0.884. The van der Waals surface area contributed by atoms with E-state index in [1.54, 1.807) is 12.1 Å². The third-order valence-corrected chi connectivity index (χ3v) is 3.68. The average molecular weight is 324 g/mol. The Labute approximate surface area is 132 Å². The fourth-order valence-corrected chi connectivity index (χ4v) is 2.15. The summed E-state index contributed by atoms with van der Waals surface area (Å²) in [4.78, 5) is 20.3. The van der Waals surface area contributed by atoms with Crippen molar-refractivity contribution >= 4 is 17.5 Å². The van der Waals surface area contributed by atoms with Crippen LogP contribution in [0.4, 0.5) is 4.39 Å². The summed E-state index contributed by atoms with van der Waals surface area (Å²) in [7, 11) is 1.35. The van der Waals surface area contributed by atoms with Crippen molar-refractivity contribution in [3.8, 4) is 0 Å². The van der Waals surface area contributed by atoms with Gasteiger partial charge in [-0.15, -0.1) is 0 Å². The van der Waals surface area contributed by atoms with Gasteiger partial charge in [-0.05, 0) is 13.0 Å². The second-order valence-electron chi connectivity index (χ2n) is 4.69. The first-order chi connectivity index (χ1) is 10.5. The molecule has 116 valence electrons. The van der Waals surface area contributed by atoms with Crippen LogP contribution in [0, 0.1) is 5.82 Å². The Balaban J connectivity index is 2.19. The molecule has 0 fully saturated rings. The van der Waals surface area contributed by atoms with Crippen molar-refractivity contribution in [2.45, 2.75) is 19.1 Å². The molecule has 7 heteroatoms. The zero-order valence-corrected chi connectivity index (χ0v) is 12.9. The van der Waals surface area contributed by atoms with Gasteiger partial charge in [0.15, 0.2) is 10.8 Å². The number of amides is 1. The Morgan fingerprint density at radius 3 is 2.68 bits per heavy atom. The van der Waals surface area contributed by atoms with Crippen LogP contribution in [0.5, 0.6) is 0 Å². The summed E-state index contributed by atoms with van der Waals surface area (Å²) >= 11 is 5.88. The summed E-state index contributed by atoms with van der Waals surface area (Å²) in [5.74, 6) is -1.01. The molecule has 1 unspecified atom stereocenters. The number of nitrogens with zero attached hydrogens (tertiary/aromatic N) is 2. The summed E-state index contributed by atoms with van der Waals surface area (Å²) in [5, 5.41) is 2.84. The van der Waals surface area contributed by atoms with E-state index in [9.17, 15) is 9.18 Å². The first kappa shape index (κ1) is 16.3. The van der Waals surface area contributed by atoms with E-state index in [-0.39, 0.29) is 17.3 Å². The standard InChI is InChI=1S/C15H15ClFN3O2/c1-15(22-2,10-5-3-4-6-11(10)17)14(21)20-9-12-13(16)19-8-7-18-12/h3-8H,9H2,1-2H3,(H,20,21). The van der Waals surface area contributed by atoms with Crippen molar-refractivity contribution in [2.24, 2.45) is 0 Å². The van der Waals surface area contributed by atoms with Crippen LogP contribution in [0.2, 0.25) is 5.15 Å². The molecule has 1 atom stereocenters. The first-order valence-electron chi connectivity index (χ1n) is 6.53. The maximum absolute atomic E-state index is 14.0. The van der Waals surface area contributed by atoms with Crippen LogP contribution in [0.25, 0.3) is 0 Å². The Kier molecular flexibility index (Phi) is 5.05. The molecule has 0 radical (unpaired) electrons. The number of ether oxygens (including phenoxy) is 1. The van der Waals surface area contributed by atoms with Crippen LogP contribution in [-0.2, 0) is 21.7 Å². The van der Waals surface area contributed by atoms with Crippen LogP contribution < -0.4 is 5.32 Å². The van der Waals surface area contributed by atoms with Crippen LogP contribution in [-0.4, -0.2) is 23.0 Å². The summed E-state index contributed by atoms with van der Waals surface area (Å²) < 4.78 is 19.2. The lowest BCUT2D eigenvalue weighted by atomic mass is 9.94. The molecule has 2 aromatic rings. The molecule has 0 aliphatic carbocycles.